The molecule has 6 nitrogen and oxygen atoms in total. The summed E-state index contributed by atoms with van der Waals surface area (Å²) in [6, 6.07) is 1.57. The minimum absolute atomic E-state index is 0.0167. The quantitative estimate of drug-likeness (QED) is 0.833. The fourth-order valence-electron chi connectivity index (χ4n) is 3.75. The van der Waals surface area contributed by atoms with Gasteiger partial charge in [-0.2, -0.15) is 0 Å². The smallest absolute Gasteiger partial charge is 0.253 e. The molecule has 0 aliphatic carbocycles. The minimum atomic E-state index is 0.0167. The molecule has 1 unspecified atom stereocenters. The maximum atomic E-state index is 12.5. The molecule has 2 saturated heterocycles. The molecule has 1 aromatic heterocycles. The summed E-state index contributed by atoms with van der Waals surface area (Å²) in [5.74, 6) is 0.774. The second kappa shape index (κ2) is 7.25. The molecule has 0 bridgehead atoms. The molecule has 2 aliphatic rings. The summed E-state index contributed by atoms with van der Waals surface area (Å²) >= 11 is 0. The van der Waals surface area contributed by atoms with Crippen molar-refractivity contribution in [2.24, 2.45) is 5.92 Å². The monoisotopic (exact) mass is 318 g/mol. The third-order valence-corrected chi connectivity index (χ3v) is 5.22. The largest absolute Gasteiger partial charge is 0.344 e. The molecule has 3 heterocycles. The van der Waals surface area contributed by atoms with Crippen LogP contribution in [0.2, 0.25) is 0 Å². The van der Waals surface area contributed by atoms with E-state index < -0.39 is 0 Å². The van der Waals surface area contributed by atoms with Gasteiger partial charge < -0.3 is 4.90 Å². The third kappa shape index (κ3) is 3.80. The van der Waals surface area contributed by atoms with E-state index in [9.17, 15) is 9.59 Å². The number of piperidine rings is 1. The third-order valence-electron chi connectivity index (χ3n) is 5.22. The molecule has 126 valence electrons. The van der Waals surface area contributed by atoms with Crippen molar-refractivity contribution >= 4 is 5.91 Å². The van der Waals surface area contributed by atoms with E-state index in [0.717, 1.165) is 58.3 Å². The van der Waals surface area contributed by atoms with Gasteiger partial charge >= 0.3 is 0 Å². The fourth-order valence-corrected chi connectivity index (χ4v) is 3.75. The van der Waals surface area contributed by atoms with Gasteiger partial charge in [0.15, 0.2) is 0 Å². The lowest BCUT2D eigenvalue weighted by Gasteiger charge is -2.37. The van der Waals surface area contributed by atoms with Crippen molar-refractivity contribution in [2.45, 2.75) is 44.7 Å². The highest BCUT2D eigenvalue weighted by Crippen LogP contribution is 2.24. The van der Waals surface area contributed by atoms with Gasteiger partial charge in [-0.1, -0.05) is 0 Å². The fraction of sp³-hybridized carbons (Fsp3) is 0.706. The molecule has 23 heavy (non-hydrogen) atoms. The van der Waals surface area contributed by atoms with Gasteiger partial charge in [-0.25, -0.2) is 4.98 Å². The summed E-state index contributed by atoms with van der Waals surface area (Å²) in [6.07, 6.45) is 8.46. The zero-order valence-corrected chi connectivity index (χ0v) is 13.9. The van der Waals surface area contributed by atoms with Crippen LogP contribution in [-0.2, 0) is 11.3 Å². The van der Waals surface area contributed by atoms with Gasteiger partial charge in [-0.05, 0) is 51.1 Å². The summed E-state index contributed by atoms with van der Waals surface area (Å²) in [7, 11) is 1.92. The molecule has 0 spiro atoms. The van der Waals surface area contributed by atoms with Crippen molar-refractivity contribution in [3.63, 3.8) is 0 Å². The van der Waals surface area contributed by atoms with Crippen LogP contribution in [0.3, 0.4) is 0 Å². The van der Waals surface area contributed by atoms with Gasteiger partial charge in [0.1, 0.15) is 0 Å². The first kappa shape index (κ1) is 16.2. The van der Waals surface area contributed by atoms with E-state index in [1.54, 1.807) is 10.9 Å². The highest BCUT2D eigenvalue weighted by molar-refractivity contribution is 5.81. The van der Waals surface area contributed by atoms with E-state index in [2.05, 4.69) is 9.88 Å². The number of carbonyl (C=O) groups excluding carboxylic acids is 1. The first-order valence-corrected chi connectivity index (χ1v) is 8.64. The van der Waals surface area contributed by atoms with Crippen LogP contribution in [0, 0.1) is 5.92 Å². The Morgan fingerprint density at radius 3 is 2.65 bits per heavy atom. The molecular formula is C17H26N4O2. The number of amides is 1. The molecule has 0 saturated carbocycles. The van der Waals surface area contributed by atoms with E-state index in [1.807, 2.05) is 11.9 Å². The van der Waals surface area contributed by atoms with Crippen LogP contribution >= 0.6 is 0 Å². The molecule has 6 heteroatoms. The Labute approximate surface area is 137 Å². The molecule has 1 atom stereocenters. The molecule has 0 aromatic carbocycles. The number of likely N-dealkylation sites (tertiary alicyclic amines) is 2. The SMILES string of the molecule is CN1CCCCC(N2CCC(Cn3cnccc3=O)CC2)C1=O. The maximum absolute atomic E-state index is 12.5. The molecule has 2 aliphatic heterocycles. The Kier molecular flexibility index (Phi) is 5.10. The maximum Gasteiger partial charge on any atom is 0.253 e. The number of nitrogens with zero attached hydrogens (tertiary/aromatic N) is 4. The highest BCUT2D eigenvalue weighted by Gasteiger charge is 2.32. The van der Waals surface area contributed by atoms with Crippen LogP contribution in [-0.4, -0.2) is 58.0 Å². The van der Waals surface area contributed by atoms with Crippen molar-refractivity contribution in [1.82, 2.24) is 19.4 Å². The number of rotatable bonds is 3. The van der Waals surface area contributed by atoms with E-state index in [1.165, 1.54) is 12.3 Å². The first-order chi connectivity index (χ1) is 11.1. The van der Waals surface area contributed by atoms with Crippen molar-refractivity contribution in [1.29, 1.82) is 0 Å². The second-order valence-corrected chi connectivity index (χ2v) is 6.82. The summed E-state index contributed by atoms with van der Waals surface area (Å²) in [5.41, 5.74) is 0.0167. The number of hydrogen-bond donors (Lipinski definition) is 0. The Bertz CT molecular complexity index is 592. The van der Waals surface area contributed by atoms with E-state index >= 15 is 0 Å². The zero-order valence-electron chi connectivity index (χ0n) is 13.9. The Morgan fingerprint density at radius 1 is 1.13 bits per heavy atom. The Morgan fingerprint density at radius 2 is 1.91 bits per heavy atom. The molecule has 0 N–H and O–H groups in total. The van der Waals surface area contributed by atoms with Gasteiger partial charge in [-0.3, -0.25) is 19.1 Å². The number of likely N-dealkylation sites (N-methyl/N-ethyl adjacent to an activating group) is 1. The average molecular weight is 318 g/mol. The van der Waals surface area contributed by atoms with Crippen molar-refractivity contribution in [2.75, 3.05) is 26.7 Å². The molecule has 2 fully saturated rings. The molecule has 1 aromatic rings. The lowest BCUT2D eigenvalue weighted by molar-refractivity contribution is -0.135. The van der Waals surface area contributed by atoms with Crippen LogP contribution in [0.25, 0.3) is 0 Å². The summed E-state index contributed by atoms with van der Waals surface area (Å²) in [4.78, 5) is 32.5. The van der Waals surface area contributed by atoms with Gasteiger partial charge in [0.05, 0.1) is 12.4 Å². The van der Waals surface area contributed by atoms with Crippen molar-refractivity contribution in [3.05, 3.63) is 28.9 Å². The predicted octanol–water partition coefficient (Wildman–Crippen LogP) is 0.966. The Hall–Kier alpha value is -1.69. The minimum Gasteiger partial charge on any atom is -0.344 e. The van der Waals surface area contributed by atoms with Crippen molar-refractivity contribution in [3.8, 4) is 0 Å². The van der Waals surface area contributed by atoms with Crippen LogP contribution in [0.1, 0.15) is 32.1 Å². The lowest BCUT2D eigenvalue weighted by Crippen LogP contribution is -2.49. The number of aromatic nitrogens is 2. The van der Waals surface area contributed by atoms with Crippen LogP contribution in [0.15, 0.2) is 23.4 Å². The highest BCUT2D eigenvalue weighted by atomic mass is 16.2. The summed E-state index contributed by atoms with van der Waals surface area (Å²) < 4.78 is 1.70. The number of hydrogen-bond acceptors (Lipinski definition) is 4. The van der Waals surface area contributed by atoms with E-state index in [-0.39, 0.29) is 17.5 Å². The normalized spacial score (nSPS) is 24.7. The van der Waals surface area contributed by atoms with Gasteiger partial charge in [0.25, 0.3) is 5.56 Å². The number of carbonyl (C=O) groups is 1. The second-order valence-electron chi connectivity index (χ2n) is 6.82. The van der Waals surface area contributed by atoms with Gasteiger partial charge in [0, 0.05) is 32.4 Å². The predicted molar refractivity (Wildman–Crippen MR) is 88.1 cm³/mol. The molecule has 1 amide bonds. The first-order valence-electron chi connectivity index (χ1n) is 8.64. The molecule has 0 radical (unpaired) electrons. The van der Waals surface area contributed by atoms with Gasteiger partial charge in [0.2, 0.25) is 5.91 Å². The topological polar surface area (TPSA) is 58.4 Å². The summed E-state index contributed by atoms with van der Waals surface area (Å²) in [5, 5.41) is 0. The van der Waals surface area contributed by atoms with Crippen molar-refractivity contribution < 1.29 is 4.79 Å². The standard InChI is InChI=1S/C17H26N4O2/c1-19-9-3-2-4-15(17(19)23)20-10-6-14(7-11-20)12-21-13-18-8-5-16(21)22/h5,8,13-15H,2-4,6-7,9-12H2,1H3. The molecule has 3 rings (SSSR count). The average Bonchev–Trinajstić information content (AvgIpc) is 2.73. The zero-order chi connectivity index (χ0) is 16.2. The van der Waals surface area contributed by atoms with Crippen LogP contribution in [0.5, 0.6) is 0 Å². The van der Waals surface area contributed by atoms with Gasteiger partial charge in [-0.15, -0.1) is 0 Å². The van der Waals surface area contributed by atoms with Crippen LogP contribution in [0.4, 0.5) is 0 Å². The molecular weight excluding hydrogens is 292 g/mol. The Balaban J connectivity index is 1.57. The summed E-state index contributed by atoms with van der Waals surface area (Å²) in [6.45, 7) is 3.52. The lowest BCUT2D eigenvalue weighted by atomic mass is 9.94. The van der Waals surface area contributed by atoms with E-state index in [0.29, 0.717) is 5.92 Å². The van der Waals surface area contributed by atoms with E-state index in [4.69, 9.17) is 0 Å². The van der Waals surface area contributed by atoms with Crippen LogP contribution < -0.4 is 5.56 Å².